The highest BCUT2D eigenvalue weighted by molar-refractivity contribution is 5.32. The predicted molar refractivity (Wildman–Crippen MR) is 106 cm³/mol. The van der Waals surface area contributed by atoms with Crippen LogP contribution < -0.4 is 4.74 Å². The molecule has 27 heavy (non-hydrogen) atoms. The van der Waals surface area contributed by atoms with E-state index in [1.165, 1.54) is 5.56 Å². The topological polar surface area (TPSA) is 59.3 Å². The van der Waals surface area contributed by atoms with E-state index in [4.69, 9.17) is 4.74 Å². The SMILES string of the molecule is CCN1CCN([C@H](c2ccc(OC)cc2)c2nnnn2C(C)(C)CC)CC1. The van der Waals surface area contributed by atoms with E-state index in [-0.39, 0.29) is 11.6 Å². The maximum absolute atomic E-state index is 5.34. The van der Waals surface area contributed by atoms with Gasteiger partial charge >= 0.3 is 0 Å². The van der Waals surface area contributed by atoms with Crippen molar-refractivity contribution in [3.8, 4) is 5.75 Å². The Morgan fingerprint density at radius 3 is 2.30 bits per heavy atom. The van der Waals surface area contributed by atoms with E-state index < -0.39 is 0 Å². The first-order chi connectivity index (χ1) is 13.0. The third-order valence-corrected chi connectivity index (χ3v) is 5.83. The fourth-order valence-corrected chi connectivity index (χ4v) is 3.59. The molecule has 1 aliphatic rings. The van der Waals surface area contributed by atoms with Crippen LogP contribution in [-0.2, 0) is 5.54 Å². The van der Waals surface area contributed by atoms with Crippen molar-refractivity contribution in [2.45, 2.75) is 45.7 Å². The lowest BCUT2D eigenvalue weighted by Gasteiger charge is -2.39. The summed E-state index contributed by atoms with van der Waals surface area (Å²) < 4.78 is 7.35. The van der Waals surface area contributed by atoms with Gasteiger partial charge in [0.2, 0.25) is 0 Å². The van der Waals surface area contributed by atoms with E-state index in [1.807, 2.05) is 16.8 Å². The van der Waals surface area contributed by atoms with Crippen LogP contribution in [0.25, 0.3) is 0 Å². The van der Waals surface area contributed by atoms with Crippen LogP contribution in [0.5, 0.6) is 5.75 Å². The number of piperazine rings is 1. The molecular weight excluding hydrogens is 340 g/mol. The summed E-state index contributed by atoms with van der Waals surface area (Å²) in [7, 11) is 1.70. The van der Waals surface area contributed by atoms with Crippen LogP contribution in [0, 0.1) is 0 Å². The second kappa shape index (κ2) is 8.35. The van der Waals surface area contributed by atoms with Crippen LogP contribution in [0.3, 0.4) is 0 Å². The smallest absolute Gasteiger partial charge is 0.173 e. The molecule has 1 atom stereocenters. The first-order valence-electron chi connectivity index (χ1n) is 9.89. The summed E-state index contributed by atoms with van der Waals surface area (Å²) in [6.45, 7) is 14.0. The van der Waals surface area contributed by atoms with E-state index in [0.717, 1.165) is 50.7 Å². The number of aromatic nitrogens is 4. The van der Waals surface area contributed by atoms with Crippen molar-refractivity contribution >= 4 is 0 Å². The van der Waals surface area contributed by atoms with Gasteiger partial charge in [0.15, 0.2) is 5.82 Å². The van der Waals surface area contributed by atoms with Crippen LogP contribution in [0.2, 0.25) is 0 Å². The van der Waals surface area contributed by atoms with Crippen molar-refractivity contribution in [1.29, 1.82) is 0 Å². The van der Waals surface area contributed by atoms with Gasteiger partial charge in [0, 0.05) is 26.2 Å². The molecule has 0 N–H and O–H groups in total. The second-order valence-corrected chi connectivity index (χ2v) is 7.76. The van der Waals surface area contributed by atoms with Gasteiger partial charge in [0.25, 0.3) is 0 Å². The lowest BCUT2D eigenvalue weighted by Crippen LogP contribution is -2.48. The van der Waals surface area contributed by atoms with Crippen LogP contribution in [0.15, 0.2) is 24.3 Å². The number of hydrogen-bond donors (Lipinski definition) is 0. The number of ether oxygens (including phenoxy) is 1. The number of rotatable bonds is 7. The molecule has 0 radical (unpaired) electrons. The summed E-state index contributed by atoms with van der Waals surface area (Å²) in [6.07, 6.45) is 0.962. The summed E-state index contributed by atoms with van der Waals surface area (Å²) >= 11 is 0. The molecule has 1 fully saturated rings. The Morgan fingerprint density at radius 2 is 1.74 bits per heavy atom. The molecule has 148 valence electrons. The number of methoxy groups -OCH3 is 1. The van der Waals surface area contributed by atoms with Gasteiger partial charge in [-0.05, 0) is 54.9 Å². The summed E-state index contributed by atoms with van der Waals surface area (Å²) in [4.78, 5) is 4.99. The van der Waals surface area contributed by atoms with Crippen molar-refractivity contribution in [3.05, 3.63) is 35.7 Å². The third kappa shape index (κ3) is 4.14. The molecule has 0 unspecified atom stereocenters. The standard InChI is InChI=1S/C20H32N6O/c1-6-20(3,4)26-19(21-22-23-26)18(16-8-10-17(27-5)11-9-16)25-14-12-24(7-2)13-15-25/h8-11,18H,6-7,12-15H2,1-5H3/t18-/m1/s1. The van der Waals surface area contributed by atoms with Gasteiger partial charge in [0.05, 0.1) is 18.7 Å². The molecule has 7 heteroatoms. The van der Waals surface area contributed by atoms with E-state index in [0.29, 0.717) is 0 Å². The Morgan fingerprint density at radius 1 is 1.07 bits per heavy atom. The van der Waals surface area contributed by atoms with Crippen molar-refractivity contribution in [1.82, 2.24) is 30.0 Å². The molecule has 1 aliphatic heterocycles. The Kier molecular flexibility index (Phi) is 6.11. The third-order valence-electron chi connectivity index (χ3n) is 5.83. The average molecular weight is 373 g/mol. The first-order valence-corrected chi connectivity index (χ1v) is 9.89. The molecule has 3 rings (SSSR count). The molecule has 1 aromatic heterocycles. The van der Waals surface area contributed by atoms with Gasteiger partial charge in [-0.25, -0.2) is 4.68 Å². The molecular formula is C20H32N6O. The van der Waals surface area contributed by atoms with Gasteiger partial charge < -0.3 is 9.64 Å². The summed E-state index contributed by atoms with van der Waals surface area (Å²) in [6, 6.07) is 8.34. The molecule has 0 aliphatic carbocycles. The zero-order valence-corrected chi connectivity index (χ0v) is 17.2. The van der Waals surface area contributed by atoms with E-state index in [2.05, 4.69) is 65.2 Å². The van der Waals surface area contributed by atoms with Gasteiger partial charge in [0.1, 0.15) is 5.75 Å². The molecule has 0 saturated carbocycles. The number of likely N-dealkylation sites (N-methyl/N-ethyl adjacent to an activating group) is 1. The summed E-state index contributed by atoms with van der Waals surface area (Å²) in [5.41, 5.74) is 1.07. The number of hydrogen-bond acceptors (Lipinski definition) is 6. The fourth-order valence-electron chi connectivity index (χ4n) is 3.59. The van der Waals surface area contributed by atoms with Crippen LogP contribution in [0.1, 0.15) is 51.5 Å². The molecule has 2 aromatic rings. The Hall–Kier alpha value is -1.99. The predicted octanol–water partition coefficient (Wildman–Crippen LogP) is 2.55. The maximum Gasteiger partial charge on any atom is 0.173 e. The van der Waals surface area contributed by atoms with Crippen LogP contribution >= 0.6 is 0 Å². The minimum atomic E-state index is -0.130. The minimum absolute atomic E-state index is 0.0377. The molecule has 2 heterocycles. The maximum atomic E-state index is 5.34. The average Bonchev–Trinajstić information content (AvgIpc) is 3.19. The van der Waals surface area contributed by atoms with E-state index in [9.17, 15) is 0 Å². The summed E-state index contributed by atoms with van der Waals surface area (Å²) in [5.74, 6) is 1.78. The molecule has 1 saturated heterocycles. The molecule has 1 aromatic carbocycles. The summed E-state index contributed by atoms with van der Waals surface area (Å²) in [5, 5.41) is 12.9. The van der Waals surface area contributed by atoms with Gasteiger partial charge in [-0.15, -0.1) is 5.10 Å². The fraction of sp³-hybridized carbons (Fsp3) is 0.650. The number of nitrogens with zero attached hydrogens (tertiary/aromatic N) is 6. The Bertz CT molecular complexity index is 718. The van der Waals surface area contributed by atoms with Gasteiger partial charge in [-0.1, -0.05) is 26.0 Å². The Labute approximate surface area is 162 Å². The Balaban J connectivity index is 1.99. The monoisotopic (exact) mass is 372 g/mol. The zero-order chi connectivity index (χ0) is 19.4. The molecule has 0 amide bonds. The number of benzene rings is 1. The quantitative estimate of drug-likeness (QED) is 0.744. The van der Waals surface area contributed by atoms with Crippen molar-refractivity contribution in [2.24, 2.45) is 0 Å². The van der Waals surface area contributed by atoms with Crippen molar-refractivity contribution in [3.63, 3.8) is 0 Å². The molecule has 0 spiro atoms. The van der Waals surface area contributed by atoms with Gasteiger partial charge in [-0.3, -0.25) is 4.90 Å². The highest BCUT2D eigenvalue weighted by atomic mass is 16.5. The zero-order valence-electron chi connectivity index (χ0n) is 17.2. The normalized spacial score (nSPS) is 17.8. The minimum Gasteiger partial charge on any atom is -0.497 e. The lowest BCUT2D eigenvalue weighted by molar-refractivity contribution is 0.105. The van der Waals surface area contributed by atoms with Gasteiger partial charge in [-0.2, -0.15) is 0 Å². The lowest BCUT2D eigenvalue weighted by atomic mass is 9.99. The van der Waals surface area contributed by atoms with E-state index >= 15 is 0 Å². The van der Waals surface area contributed by atoms with Crippen LogP contribution in [0.4, 0.5) is 0 Å². The van der Waals surface area contributed by atoms with Crippen molar-refractivity contribution in [2.75, 3.05) is 39.8 Å². The first kappa shape index (κ1) is 19.8. The largest absolute Gasteiger partial charge is 0.497 e. The molecule has 7 nitrogen and oxygen atoms in total. The highest BCUT2D eigenvalue weighted by Crippen LogP contribution is 2.32. The molecule has 0 bridgehead atoms. The van der Waals surface area contributed by atoms with Crippen molar-refractivity contribution < 1.29 is 4.74 Å². The second-order valence-electron chi connectivity index (χ2n) is 7.76. The van der Waals surface area contributed by atoms with Crippen LogP contribution in [-0.4, -0.2) is 69.8 Å². The number of tetrazole rings is 1. The van der Waals surface area contributed by atoms with E-state index in [1.54, 1.807) is 7.11 Å². The highest BCUT2D eigenvalue weighted by Gasteiger charge is 2.33.